The average molecular weight is 286 g/mol. The highest BCUT2D eigenvalue weighted by atomic mass is 35.5. The highest BCUT2D eigenvalue weighted by Gasteiger charge is 2.04. The van der Waals surface area contributed by atoms with E-state index in [2.05, 4.69) is 4.84 Å². The van der Waals surface area contributed by atoms with Gasteiger partial charge in [-0.05, 0) is 18.2 Å². The Hall–Kier alpha value is -2.54. The number of hydrogen-bond donors (Lipinski definition) is 2. The molecule has 1 amide bonds. The van der Waals surface area contributed by atoms with Crippen molar-refractivity contribution in [3.63, 3.8) is 0 Å². The molecule has 0 aromatic heterocycles. The fourth-order valence-electron chi connectivity index (χ4n) is 0.945. The molecule has 100 valence electrons. The van der Waals surface area contributed by atoms with Crippen molar-refractivity contribution in [1.29, 1.82) is 0 Å². The van der Waals surface area contributed by atoms with Crippen LogP contribution in [0.2, 0.25) is 5.02 Å². The summed E-state index contributed by atoms with van der Waals surface area (Å²) in [5.74, 6) is -1.70. The van der Waals surface area contributed by atoms with Gasteiger partial charge in [0.2, 0.25) is 0 Å². The Labute approximate surface area is 112 Å². The zero-order chi connectivity index (χ0) is 14.3. The van der Waals surface area contributed by atoms with Gasteiger partial charge in [0, 0.05) is 17.2 Å². The van der Waals surface area contributed by atoms with Gasteiger partial charge in [-0.1, -0.05) is 17.7 Å². The summed E-state index contributed by atoms with van der Waals surface area (Å²) < 4.78 is 4.82. The number of carboxylic acid groups (broad SMARTS) is 1. The molecule has 1 rings (SSSR count). The molecule has 19 heavy (non-hydrogen) atoms. The Kier molecular flexibility index (Phi) is 5.36. The van der Waals surface area contributed by atoms with Crippen LogP contribution in [0.4, 0.5) is 4.79 Å². The highest BCUT2D eigenvalue weighted by molar-refractivity contribution is 6.30. The summed E-state index contributed by atoms with van der Waals surface area (Å²) in [5.41, 5.74) is 1.37. The van der Waals surface area contributed by atoms with Crippen molar-refractivity contribution in [3.8, 4) is 5.75 Å². The molecule has 0 atom stereocenters. The molecule has 2 N–H and O–H groups in total. The second kappa shape index (κ2) is 7.02. The van der Waals surface area contributed by atoms with Gasteiger partial charge in [-0.15, -0.1) is 5.48 Å². The van der Waals surface area contributed by atoms with Gasteiger partial charge in [-0.2, -0.15) is 0 Å². The van der Waals surface area contributed by atoms with Crippen LogP contribution in [0.3, 0.4) is 0 Å². The van der Waals surface area contributed by atoms with E-state index in [1.165, 1.54) is 17.6 Å². The molecule has 0 fully saturated rings. The topological polar surface area (TPSA) is 102 Å². The molecule has 8 heteroatoms. The van der Waals surface area contributed by atoms with E-state index >= 15 is 0 Å². The SMILES string of the molecule is O=C(O)NOC(=O)/C=C/C(=O)Oc1cccc(Cl)c1. The Morgan fingerprint density at radius 3 is 2.53 bits per heavy atom. The molecule has 0 aliphatic carbocycles. The highest BCUT2D eigenvalue weighted by Crippen LogP contribution is 2.17. The Bertz CT molecular complexity index is 528. The Morgan fingerprint density at radius 2 is 1.89 bits per heavy atom. The quantitative estimate of drug-likeness (QED) is 0.378. The van der Waals surface area contributed by atoms with Crippen molar-refractivity contribution in [3.05, 3.63) is 41.4 Å². The molecule has 0 unspecified atom stereocenters. The number of nitrogens with one attached hydrogen (secondary N) is 1. The Balaban J connectivity index is 2.46. The maximum atomic E-state index is 11.3. The van der Waals surface area contributed by atoms with Gasteiger partial charge in [-0.25, -0.2) is 14.4 Å². The monoisotopic (exact) mass is 285 g/mol. The first-order valence-corrected chi connectivity index (χ1v) is 5.20. The number of carbonyl (C=O) groups excluding carboxylic acids is 2. The molecular formula is C11H8ClNO6. The third-order valence-electron chi connectivity index (χ3n) is 1.61. The minimum Gasteiger partial charge on any atom is -0.463 e. The minimum absolute atomic E-state index is 0.208. The number of hydroxylamine groups is 1. The van der Waals surface area contributed by atoms with E-state index in [9.17, 15) is 14.4 Å². The lowest BCUT2D eigenvalue weighted by Crippen LogP contribution is -2.24. The summed E-state index contributed by atoms with van der Waals surface area (Å²) in [4.78, 5) is 36.2. The van der Waals surface area contributed by atoms with Crippen molar-refractivity contribution in [2.24, 2.45) is 0 Å². The van der Waals surface area contributed by atoms with Gasteiger partial charge in [0.15, 0.2) is 0 Å². The number of amides is 1. The average Bonchev–Trinajstić information content (AvgIpc) is 2.34. The summed E-state index contributed by atoms with van der Waals surface area (Å²) >= 11 is 5.68. The van der Waals surface area contributed by atoms with E-state index in [1.54, 1.807) is 12.1 Å². The van der Waals surface area contributed by atoms with E-state index in [4.69, 9.17) is 21.4 Å². The zero-order valence-corrected chi connectivity index (χ0v) is 10.1. The van der Waals surface area contributed by atoms with Crippen molar-refractivity contribution >= 4 is 29.6 Å². The van der Waals surface area contributed by atoms with Crippen molar-refractivity contribution in [1.82, 2.24) is 5.48 Å². The molecule has 0 aliphatic rings. The molecule has 0 heterocycles. The van der Waals surface area contributed by atoms with Crippen LogP contribution >= 0.6 is 11.6 Å². The number of halogens is 1. The second-order valence-corrected chi connectivity index (χ2v) is 3.48. The number of carbonyl (C=O) groups is 3. The minimum atomic E-state index is -1.54. The van der Waals surface area contributed by atoms with Gasteiger partial charge in [0.1, 0.15) is 5.75 Å². The fourth-order valence-corrected chi connectivity index (χ4v) is 1.12. The van der Waals surface area contributed by atoms with Crippen LogP contribution in [0.5, 0.6) is 5.75 Å². The first kappa shape index (κ1) is 14.5. The molecule has 0 radical (unpaired) electrons. The number of hydrogen-bond acceptors (Lipinski definition) is 5. The maximum absolute atomic E-state index is 11.3. The van der Waals surface area contributed by atoms with E-state index < -0.39 is 18.0 Å². The summed E-state index contributed by atoms with van der Waals surface area (Å²) in [6, 6.07) is 6.10. The van der Waals surface area contributed by atoms with Gasteiger partial charge in [0.25, 0.3) is 0 Å². The third kappa shape index (κ3) is 6.08. The molecule has 0 aliphatic heterocycles. The molecular weight excluding hydrogens is 278 g/mol. The van der Waals surface area contributed by atoms with Crippen molar-refractivity contribution < 1.29 is 29.1 Å². The zero-order valence-electron chi connectivity index (χ0n) is 9.33. The summed E-state index contributed by atoms with van der Waals surface area (Å²) in [6.07, 6.45) is -0.0430. The van der Waals surface area contributed by atoms with Crippen LogP contribution in [0.1, 0.15) is 0 Å². The van der Waals surface area contributed by atoms with E-state index in [0.29, 0.717) is 11.1 Å². The maximum Gasteiger partial charge on any atom is 0.438 e. The van der Waals surface area contributed by atoms with E-state index in [-0.39, 0.29) is 5.75 Å². The van der Waals surface area contributed by atoms with E-state index in [1.807, 2.05) is 0 Å². The van der Waals surface area contributed by atoms with E-state index in [0.717, 1.165) is 6.08 Å². The predicted octanol–water partition coefficient (Wildman–Crippen LogP) is 1.53. The van der Waals surface area contributed by atoms with Crippen molar-refractivity contribution in [2.45, 2.75) is 0 Å². The first-order valence-electron chi connectivity index (χ1n) is 4.82. The number of ether oxygens (including phenoxy) is 1. The number of rotatable bonds is 3. The molecule has 0 spiro atoms. The fraction of sp³-hybridized carbons (Fsp3) is 0. The molecule has 1 aromatic rings. The van der Waals surface area contributed by atoms with Crippen molar-refractivity contribution in [2.75, 3.05) is 0 Å². The Morgan fingerprint density at radius 1 is 1.21 bits per heavy atom. The van der Waals surface area contributed by atoms with Gasteiger partial charge in [-0.3, -0.25) is 0 Å². The van der Waals surface area contributed by atoms with Crippen LogP contribution in [-0.2, 0) is 14.4 Å². The largest absolute Gasteiger partial charge is 0.463 e. The molecule has 1 aromatic carbocycles. The van der Waals surface area contributed by atoms with Gasteiger partial charge >= 0.3 is 18.0 Å². The number of benzene rings is 1. The summed E-state index contributed by atoms with van der Waals surface area (Å²) in [5, 5.41) is 8.53. The van der Waals surface area contributed by atoms with Gasteiger partial charge in [0.05, 0.1) is 0 Å². The second-order valence-electron chi connectivity index (χ2n) is 3.04. The number of esters is 1. The van der Waals surface area contributed by atoms with Gasteiger partial charge < -0.3 is 14.7 Å². The molecule has 0 saturated carbocycles. The first-order chi connectivity index (χ1) is 8.97. The van der Waals surface area contributed by atoms with Crippen LogP contribution < -0.4 is 10.2 Å². The molecule has 7 nitrogen and oxygen atoms in total. The predicted molar refractivity (Wildman–Crippen MR) is 63.5 cm³/mol. The third-order valence-corrected chi connectivity index (χ3v) is 1.84. The standard InChI is InChI=1S/C11H8ClNO6/c12-7-2-1-3-8(6-7)18-9(14)4-5-10(15)19-13-11(16)17/h1-6,13H,(H,16,17)/b5-4+. The normalized spacial score (nSPS) is 9.95. The molecule has 0 saturated heterocycles. The van der Waals surface area contributed by atoms with Crippen LogP contribution in [-0.4, -0.2) is 23.1 Å². The lowest BCUT2D eigenvalue weighted by molar-refractivity contribution is -0.143. The summed E-state index contributed by atoms with van der Waals surface area (Å²) in [6.45, 7) is 0. The lowest BCUT2D eigenvalue weighted by Gasteiger charge is -2.01. The smallest absolute Gasteiger partial charge is 0.438 e. The lowest BCUT2D eigenvalue weighted by atomic mass is 10.3. The molecule has 0 bridgehead atoms. The van der Waals surface area contributed by atoms with Crippen LogP contribution in [0.15, 0.2) is 36.4 Å². The summed E-state index contributed by atoms with van der Waals surface area (Å²) in [7, 11) is 0. The van der Waals surface area contributed by atoms with Crippen LogP contribution in [0, 0.1) is 0 Å². The van der Waals surface area contributed by atoms with Crippen LogP contribution in [0.25, 0.3) is 0 Å².